The Morgan fingerprint density at radius 1 is 1.19 bits per heavy atom. The number of hydrogen-bond donors (Lipinski definition) is 1. The largest absolute Gasteiger partial charge is 0.461 e. The van der Waals surface area contributed by atoms with Crippen LogP contribution in [0.3, 0.4) is 0 Å². The number of halogens is 2. The predicted molar refractivity (Wildman–Crippen MR) is 97.9 cm³/mol. The van der Waals surface area contributed by atoms with Crippen LogP contribution in [-0.4, -0.2) is 17.1 Å². The molecular weight excluding hydrogens is 338 g/mol. The average molecular weight is 364 g/mol. The first-order chi connectivity index (χ1) is 11.9. The maximum absolute atomic E-state index is 12.8. The molecular formula is C20H26F2N2O2. The van der Waals surface area contributed by atoms with Gasteiger partial charge in [0.15, 0.2) is 0 Å². The number of benzene rings is 1. The Labute approximate surface area is 152 Å². The van der Waals surface area contributed by atoms with E-state index in [1.54, 1.807) is 38.1 Å². The Hall–Kier alpha value is -2.08. The highest BCUT2D eigenvalue weighted by atomic mass is 19.3. The number of pyridine rings is 1. The molecule has 1 aromatic heterocycles. The summed E-state index contributed by atoms with van der Waals surface area (Å²) in [6.45, 7) is 9.52. The number of carbonyl (C=O) groups is 1. The number of aromatic nitrogens is 1. The quantitative estimate of drug-likeness (QED) is 0.780. The third kappa shape index (κ3) is 4.55. The van der Waals surface area contributed by atoms with E-state index in [2.05, 4.69) is 4.98 Å². The highest BCUT2D eigenvalue weighted by Crippen LogP contribution is 2.35. The Morgan fingerprint density at radius 2 is 1.85 bits per heavy atom. The van der Waals surface area contributed by atoms with Crippen molar-refractivity contribution in [3.05, 3.63) is 41.6 Å². The van der Waals surface area contributed by atoms with Crippen LogP contribution in [0, 0.1) is 5.41 Å². The molecule has 1 aromatic carbocycles. The monoisotopic (exact) mass is 364 g/mol. The van der Waals surface area contributed by atoms with E-state index >= 15 is 0 Å². The van der Waals surface area contributed by atoms with E-state index in [4.69, 9.17) is 10.5 Å². The fourth-order valence-corrected chi connectivity index (χ4v) is 2.99. The normalized spacial score (nSPS) is 14.7. The van der Waals surface area contributed by atoms with Crippen LogP contribution in [0.4, 0.5) is 8.78 Å². The van der Waals surface area contributed by atoms with Gasteiger partial charge in [-0.1, -0.05) is 32.9 Å². The van der Waals surface area contributed by atoms with Crippen LogP contribution in [0.25, 0.3) is 10.9 Å². The summed E-state index contributed by atoms with van der Waals surface area (Å²) in [5.74, 6) is -0.501. The molecule has 0 aliphatic carbocycles. The molecule has 1 heterocycles. The molecule has 0 spiro atoms. The molecule has 2 N–H and O–H groups in total. The number of alkyl halides is 2. The Bertz CT molecular complexity index is 800. The van der Waals surface area contributed by atoms with Crippen LogP contribution in [-0.2, 0) is 15.1 Å². The number of hydrogen-bond acceptors (Lipinski definition) is 4. The highest BCUT2D eigenvalue weighted by Gasteiger charge is 2.41. The SMILES string of the molecule is CC(C)OC(=O)[C@@](N)(CC(C)(C)C)c1ccc2nc(C(F)F)ccc2c1. The van der Waals surface area contributed by atoms with Crippen LogP contribution in [0.15, 0.2) is 30.3 Å². The zero-order valence-electron chi connectivity index (χ0n) is 15.8. The molecule has 0 aliphatic heterocycles. The molecule has 0 bridgehead atoms. The van der Waals surface area contributed by atoms with E-state index in [0.717, 1.165) is 0 Å². The standard InChI is InChI=1S/C20H26F2N2O2/c1-12(2)26-18(25)20(23,11-19(3,4)5)14-7-9-15-13(10-14)6-8-16(24-15)17(21)22/h6-10,12,17H,11,23H2,1-5H3/t20-/m1/s1. The van der Waals surface area contributed by atoms with Crippen LogP contribution in [0.2, 0.25) is 0 Å². The van der Waals surface area contributed by atoms with E-state index in [1.807, 2.05) is 20.8 Å². The number of fused-ring (bicyclic) bond motifs is 1. The summed E-state index contributed by atoms with van der Waals surface area (Å²) in [5.41, 5.74) is 5.73. The van der Waals surface area contributed by atoms with Gasteiger partial charge in [-0.3, -0.25) is 0 Å². The van der Waals surface area contributed by atoms with Crippen molar-refractivity contribution in [2.24, 2.45) is 11.1 Å². The number of nitrogens with zero attached hydrogens (tertiary/aromatic N) is 1. The minimum atomic E-state index is -2.63. The first kappa shape index (κ1) is 20.2. The van der Waals surface area contributed by atoms with Gasteiger partial charge in [-0.2, -0.15) is 0 Å². The van der Waals surface area contributed by atoms with E-state index < -0.39 is 17.9 Å². The lowest BCUT2D eigenvalue weighted by Gasteiger charge is -2.34. The van der Waals surface area contributed by atoms with Crippen molar-refractivity contribution >= 4 is 16.9 Å². The summed E-state index contributed by atoms with van der Waals surface area (Å²) >= 11 is 0. The number of ether oxygens (including phenoxy) is 1. The second-order valence-electron chi connectivity index (χ2n) is 8.11. The summed E-state index contributed by atoms with van der Waals surface area (Å²) in [7, 11) is 0. The van der Waals surface area contributed by atoms with Gasteiger partial charge in [-0.15, -0.1) is 0 Å². The number of esters is 1. The molecule has 0 unspecified atom stereocenters. The van der Waals surface area contributed by atoms with Crippen LogP contribution < -0.4 is 5.73 Å². The van der Waals surface area contributed by atoms with Gasteiger partial charge in [-0.25, -0.2) is 18.6 Å². The summed E-state index contributed by atoms with van der Waals surface area (Å²) in [5, 5.41) is 0.646. The number of nitrogens with two attached hydrogens (primary N) is 1. The zero-order valence-corrected chi connectivity index (χ0v) is 15.8. The van der Waals surface area contributed by atoms with Crippen molar-refractivity contribution in [2.75, 3.05) is 0 Å². The minimum absolute atomic E-state index is 0.225. The molecule has 0 saturated heterocycles. The molecule has 0 aliphatic rings. The number of carbonyl (C=O) groups excluding carboxylic acids is 1. The van der Waals surface area contributed by atoms with Crippen molar-refractivity contribution in [1.29, 1.82) is 0 Å². The Balaban J connectivity index is 2.53. The van der Waals surface area contributed by atoms with Crippen molar-refractivity contribution in [3.8, 4) is 0 Å². The van der Waals surface area contributed by atoms with Crippen molar-refractivity contribution in [3.63, 3.8) is 0 Å². The summed E-state index contributed by atoms with van der Waals surface area (Å²) in [6.07, 6.45) is -2.55. The van der Waals surface area contributed by atoms with Gasteiger partial charge in [0.05, 0.1) is 11.6 Å². The zero-order chi connectivity index (χ0) is 19.7. The Kier molecular flexibility index (Phi) is 5.66. The Morgan fingerprint density at radius 3 is 2.38 bits per heavy atom. The molecule has 6 heteroatoms. The third-order valence-corrected chi connectivity index (χ3v) is 3.97. The molecule has 0 radical (unpaired) electrons. The van der Waals surface area contributed by atoms with Crippen LogP contribution in [0.1, 0.15) is 58.7 Å². The number of rotatable bonds is 5. The first-order valence-electron chi connectivity index (χ1n) is 8.62. The molecule has 0 saturated carbocycles. The van der Waals surface area contributed by atoms with Crippen LogP contribution >= 0.6 is 0 Å². The molecule has 2 aromatic rings. The van der Waals surface area contributed by atoms with Crippen LogP contribution in [0.5, 0.6) is 0 Å². The second kappa shape index (κ2) is 7.27. The van der Waals surface area contributed by atoms with Crippen molar-refractivity contribution < 1.29 is 18.3 Å². The van der Waals surface area contributed by atoms with Gasteiger partial charge >= 0.3 is 5.97 Å². The first-order valence-corrected chi connectivity index (χ1v) is 8.62. The molecule has 2 rings (SSSR count). The van der Waals surface area contributed by atoms with Gasteiger partial charge in [-0.05, 0) is 49.4 Å². The van der Waals surface area contributed by atoms with Gasteiger partial charge in [0.2, 0.25) is 0 Å². The lowest BCUT2D eigenvalue weighted by atomic mass is 9.76. The smallest absolute Gasteiger partial charge is 0.331 e. The summed E-state index contributed by atoms with van der Waals surface area (Å²) < 4.78 is 31.1. The molecule has 26 heavy (non-hydrogen) atoms. The third-order valence-electron chi connectivity index (χ3n) is 3.97. The van der Waals surface area contributed by atoms with Gasteiger partial charge in [0.25, 0.3) is 6.43 Å². The predicted octanol–water partition coefficient (Wildman–Crippen LogP) is 4.71. The fraction of sp³-hybridized carbons (Fsp3) is 0.500. The van der Waals surface area contributed by atoms with E-state index in [-0.39, 0.29) is 17.2 Å². The summed E-state index contributed by atoms with van der Waals surface area (Å²) in [6, 6.07) is 7.86. The average Bonchev–Trinajstić information content (AvgIpc) is 2.51. The van der Waals surface area contributed by atoms with Crippen molar-refractivity contribution in [2.45, 2.75) is 59.1 Å². The van der Waals surface area contributed by atoms with E-state index in [1.165, 1.54) is 6.07 Å². The van der Waals surface area contributed by atoms with Crippen molar-refractivity contribution in [1.82, 2.24) is 4.98 Å². The molecule has 0 amide bonds. The topological polar surface area (TPSA) is 65.2 Å². The maximum Gasteiger partial charge on any atom is 0.331 e. The fourth-order valence-electron chi connectivity index (χ4n) is 2.99. The molecule has 142 valence electrons. The van der Waals surface area contributed by atoms with E-state index in [9.17, 15) is 13.6 Å². The van der Waals surface area contributed by atoms with Gasteiger partial charge in [0.1, 0.15) is 11.2 Å². The van der Waals surface area contributed by atoms with Gasteiger partial charge in [0, 0.05) is 5.39 Å². The van der Waals surface area contributed by atoms with Gasteiger partial charge < -0.3 is 10.5 Å². The van der Waals surface area contributed by atoms with E-state index in [0.29, 0.717) is 22.9 Å². The highest BCUT2D eigenvalue weighted by molar-refractivity contribution is 5.86. The minimum Gasteiger partial charge on any atom is -0.461 e. The lowest BCUT2D eigenvalue weighted by Crippen LogP contribution is -2.49. The molecule has 1 atom stereocenters. The maximum atomic E-state index is 12.8. The molecule has 4 nitrogen and oxygen atoms in total. The second-order valence-corrected chi connectivity index (χ2v) is 8.11. The summed E-state index contributed by atoms with van der Waals surface area (Å²) in [4.78, 5) is 16.7. The molecule has 0 fully saturated rings. The lowest BCUT2D eigenvalue weighted by molar-refractivity contribution is -0.156.